The molecule has 3 atom stereocenters. The molecule has 0 aromatic heterocycles. The van der Waals surface area contributed by atoms with Crippen LogP contribution in [0.1, 0.15) is 90.0 Å². The number of anilines is 2. The molecule has 11 heteroatoms. The minimum Gasteiger partial charge on any atom is -0.478 e. The van der Waals surface area contributed by atoms with Crippen molar-refractivity contribution < 1.29 is 34.1 Å². The number of carbonyl (C=O) groups excluding carboxylic acids is 2. The first-order valence-electron chi connectivity index (χ1n) is 19.3. The van der Waals surface area contributed by atoms with Gasteiger partial charge in [-0.05, 0) is 83.1 Å². The average molecular weight is 788 g/mol. The first-order valence-corrected chi connectivity index (χ1v) is 20.3. The zero-order chi connectivity index (χ0) is 40.0. The molecule has 0 radical (unpaired) electrons. The summed E-state index contributed by atoms with van der Waals surface area (Å²) in [6.07, 6.45) is 3.80. The van der Waals surface area contributed by atoms with Crippen molar-refractivity contribution in [2.45, 2.75) is 81.5 Å². The number of thioether (sulfide) groups is 1. The predicted octanol–water partition coefficient (Wildman–Crippen LogP) is 9.06. The molecule has 0 bridgehead atoms. The number of benzene rings is 5. The highest BCUT2D eigenvalue weighted by atomic mass is 32.2. The summed E-state index contributed by atoms with van der Waals surface area (Å²) in [6, 6.07) is 38.1. The monoisotopic (exact) mass is 787 g/mol. The van der Waals surface area contributed by atoms with E-state index < -0.39 is 12.3 Å². The molecule has 1 aliphatic rings. The van der Waals surface area contributed by atoms with Crippen LogP contribution in [0.4, 0.5) is 11.4 Å². The third kappa shape index (κ3) is 12.3. The summed E-state index contributed by atoms with van der Waals surface area (Å²) in [5, 5.41) is 24.7. The van der Waals surface area contributed by atoms with Crippen molar-refractivity contribution >= 4 is 40.9 Å². The maximum atomic E-state index is 12.6. The van der Waals surface area contributed by atoms with Crippen LogP contribution in [-0.2, 0) is 32.2 Å². The van der Waals surface area contributed by atoms with Gasteiger partial charge in [-0.25, -0.2) is 4.79 Å². The molecule has 1 saturated heterocycles. The molecule has 0 spiro atoms. The Morgan fingerprint density at radius 3 is 2.12 bits per heavy atom. The quantitative estimate of drug-likeness (QED) is 0.0332. The molecule has 2 amide bonds. The van der Waals surface area contributed by atoms with Gasteiger partial charge < -0.3 is 36.1 Å². The van der Waals surface area contributed by atoms with Crippen molar-refractivity contribution in [3.8, 4) is 11.1 Å². The second-order valence-corrected chi connectivity index (χ2v) is 15.2. The molecule has 5 aromatic carbocycles. The number of carbonyl (C=O) groups is 3. The Balaban J connectivity index is 0.988. The lowest BCUT2D eigenvalue weighted by Crippen LogP contribution is -2.31. The lowest BCUT2D eigenvalue weighted by Gasteiger charge is -2.36. The van der Waals surface area contributed by atoms with Gasteiger partial charge in [0.25, 0.3) is 0 Å². The molecule has 0 saturated carbocycles. The van der Waals surface area contributed by atoms with Crippen LogP contribution in [0, 0.1) is 0 Å². The van der Waals surface area contributed by atoms with Crippen LogP contribution in [0.25, 0.3) is 11.1 Å². The number of aliphatic hydroxyl groups is 1. The van der Waals surface area contributed by atoms with E-state index in [2.05, 4.69) is 16.7 Å². The van der Waals surface area contributed by atoms with Gasteiger partial charge in [0.1, 0.15) is 0 Å². The Kier molecular flexibility index (Phi) is 14.9. The molecule has 10 nitrogen and oxygen atoms in total. The summed E-state index contributed by atoms with van der Waals surface area (Å²) < 4.78 is 13.1. The summed E-state index contributed by atoms with van der Waals surface area (Å²) in [5.74, 6) is -0.349. The highest BCUT2D eigenvalue weighted by Gasteiger charge is 2.32. The fraction of sp³-hybridized carbons (Fsp3) is 0.283. The van der Waals surface area contributed by atoms with Gasteiger partial charge in [-0.3, -0.25) is 9.59 Å². The topological polar surface area (TPSA) is 160 Å². The normalized spacial score (nSPS) is 16.5. The van der Waals surface area contributed by atoms with E-state index >= 15 is 0 Å². The molecular weight excluding hydrogens is 739 g/mol. The average Bonchev–Trinajstić information content (AvgIpc) is 3.24. The molecular formula is C46H49N3O7S. The Bertz CT molecular complexity index is 2090. The van der Waals surface area contributed by atoms with Crippen LogP contribution < -0.4 is 16.4 Å². The molecule has 6 rings (SSSR count). The lowest BCUT2D eigenvalue weighted by atomic mass is 9.99. The highest BCUT2D eigenvalue weighted by molar-refractivity contribution is 7.99. The number of amides is 2. The van der Waals surface area contributed by atoms with Gasteiger partial charge in [0.15, 0.2) is 6.29 Å². The molecule has 1 fully saturated rings. The Labute approximate surface area is 337 Å². The van der Waals surface area contributed by atoms with E-state index in [1.165, 1.54) is 0 Å². The maximum absolute atomic E-state index is 12.6. The zero-order valence-corrected chi connectivity index (χ0v) is 32.6. The number of para-hydroxylation sites is 2. The second kappa shape index (κ2) is 20.6. The molecule has 1 aliphatic heterocycles. The van der Waals surface area contributed by atoms with E-state index in [-0.39, 0.29) is 36.2 Å². The standard InChI is InChI=1S/C46H49N3O7S/c47-40-10-5-6-11-41(40)49-44(52)13-4-2-1-3-12-43(51)48-28-32-8-7-9-37(26-32)33-18-20-36(21-19-33)46-55-38(30-57-39-24-22-35(23-25-39)45(53)54)27-42(56-46)34-16-14-31(29-50)15-17-34/h5-11,14-26,38,42,46,50H,1-4,12-13,27-30,47H2,(H,48,51)(H,49,52)(H,53,54). The number of hydrogen-bond acceptors (Lipinski definition) is 8. The number of hydrogen-bond donors (Lipinski definition) is 5. The molecule has 1 heterocycles. The number of nitrogen functional groups attached to an aromatic ring is 1. The van der Waals surface area contributed by atoms with Gasteiger partial charge in [-0.1, -0.05) is 91.7 Å². The molecule has 3 unspecified atom stereocenters. The Morgan fingerprint density at radius 1 is 0.719 bits per heavy atom. The van der Waals surface area contributed by atoms with E-state index in [1.54, 1.807) is 36.0 Å². The van der Waals surface area contributed by atoms with Crippen LogP contribution in [-0.4, -0.2) is 39.9 Å². The van der Waals surface area contributed by atoms with Gasteiger partial charge >= 0.3 is 5.97 Å². The number of ether oxygens (including phenoxy) is 2. The largest absolute Gasteiger partial charge is 0.478 e. The fourth-order valence-corrected chi connectivity index (χ4v) is 7.56. The first kappa shape index (κ1) is 41.2. The van der Waals surface area contributed by atoms with Crippen LogP contribution in [0.5, 0.6) is 0 Å². The maximum Gasteiger partial charge on any atom is 0.335 e. The van der Waals surface area contributed by atoms with Crippen LogP contribution in [0.3, 0.4) is 0 Å². The SMILES string of the molecule is Nc1ccccc1NC(=O)CCCCCCC(=O)NCc1cccc(-c2ccc(C3OC(CSc4ccc(C(=O)O)cc4)CC(c4ccc(CO)cc4)O3)cc2)c1. The molecule has 5 aromatic rings. The third-order valence-corrected chi connectivity index (χ3v) is 11.0. The van der Waals surface area contributed by atoms with E-state index in [0.717, 1.165) is 64.0 Å². The lowest BCUT2D eigenvalue weighted by molar-refractivity contribution is -0.245. The fourth-order valence-electron chi connectivity index (χ4n) is 6.64. The zero-order valence-electron chi connectivity index (χ0n) is 31.8. The predicted molar refractivity (Wildman–Crippen MR) is 223 cm³/mol. The number of carboxylic acids is 1. The van der Waals surface area contributed by atoms with Gasteiger partial charge in [0, 0.05) is 42.0 Å². The molecule has 57 heavy (non-hydrogen) atoms. The van der Waals surface area contributed by atoms with Crippen LogP contribution >= 0.6 is 11.8 Å². The van der Waals surface area contributed by atoms with E-state index in [0.29, 0.717) is 42.9 Å². The van der Waals surface area contributed by atoms with Crippen LogP contribution in [0.15, 0.2) is 126 Å². The van der Waals surface area contributed by atoms with Crippen molar-refractivity contribution in [3.05, 3.63) is 149 Å². The number of rotatable bonds is 18. The van der Waals surface area contributed by atoms with Crippen molar-refractivity contribution in [3.63, 3.8) is 0 Å². The van der Waals surface area contributed by atoms with E-state index in [4.69, 9.17) is 15.2 Å². The smallest absolute Gasteiger partial charge is 0.335 e. The van der Waals surface area contributed by atoms with Crippen molar-refractivity contribution in [1.29, 1.82) is 0 Å². The number of carboxylic acid groups (broad SMARTS) is 1. The molecule has 6 N–H and O–H groups in total. The van der Waals surface area contributed by atoms with Gasteiger partial charge in [0.2, 0.25) is 11.8 Å². The third-order valence-electron chi connectivity index (χ3n) is 9.88. The summed E-state index contributed by atoms with van der Waals surface area (Å²) in [4.78, 5) is 37.1. The van der Waals surface area contributed by atoms with E-state index in [9.17, 15) is 24.6 Å². The molecule has 0 aliphatic carbocycles. The Hall–Kier alpha value is -5.46. The number of nitrogens with one attached hydrogen (secondary N) is 2. The summed E-state index contributed by atoms with van der Waals surface area (Å²) in [5.41, 5.74) is 13.1. The number of nitrogens with two attached hydrogens (primary N) is 1. The summed E-state index contributed by atoms with van der Waals surface area (Å²) >= 11 is 1.61. The Morgan fingerprint density at radius 2 is 1.42 bits per heavy atom. The number of aliphatic hydroxyl groups excluding tert-OH is 1. The molecule has 296 valence electrons. The number of aromatic carboxylic acids is 1. The van der Waals surface area contributed by atoms with Crippen LogP contribution in [0.2, 0.25) is 0 Å². The van der Waals surface area contributed by atoms with Gasteiger partial charge in [0.05, 0.1) is 35.8 Å². The minimum atomic E-state index is -0.953. The van der Waals surface area contributed by atoms with Crippen molar-refractivity contribution in [2.75, 3.05) is 16.8 Å². The summed E-state index contributed by atoms with van der Waals surface area (Å²) in [6.45, 7) is 0.403. The highest BCUT2D eigenvalue weighted by Crippen LogP contribution is 2.40. The second-order valence-electron chi connectivity index (χ2n) is 14.1. The van der Waals surface area contributed by atoms with Gasteiger partial charge in [-0.2, -0.15) is 0 Å². The first-order chi connectivity index (χ1) is 27.7. The summed E-state index contributed by atoms with van der Waals surface area (Å²) in [7, 11) is 0. The number of unbranched alkanes of at least 4 members (excludes halogenated alkanes) is 3. The van der Waals surface area contributed by atoms with Crippen molar-refractivity contribution in [2.24, 2.45) is 0 Å². The van der Waals surface area contributed by atoms with E-state index in [1.807, 2.05) is 91.0 Å². The minimum absolute atomic E-state index is 0.00461. The van der Waals surface area contributed by atoms with Gasteiger partial charge in [-0.15, -0.1) is 11.8 Å². The van der Waals surface area contributed by atoms with Crippen molar-refractivity contribution in [1.82, 2.24) is 5.32 Å².